The molecule has 0 aliphatic rings. The van der Waals surface area contributed by atoms with Crippen molar-refractivity contribution in [3.63, 3.8) is 0 Å². The first-order valence-electron chi connectivity index (χ1n) is 5.67. The van der Waals surface area contributed by atoms with Crippen LogP contribution in [0.15, 0.2) is 24.3 Å². The molecule has 1 N–H and O–H groups in total. The fourth-order valence-electron chi connectivity index (χ4n) is 1.42. The second kappa shape index (κ2) is 5.27. The SMILES string of the molecule is CC(C)(C)C(=O)CC(O)c1ccc([N+](=O)[O-])cc1. The van der Waals surface area contributed by atoms with Crippen molar-refractivity contribution in [3.8, 4) is 0 Å². The van der Waals surface area contributed by atoms with Gasteiger partial charge in [0.05, 0.1) is 11.0 Å². The van der Waals surface area contributed by atoms with Gasteiger partial charge in [0, 0.05) is 24.0 Å². The highest BCUT2D eigenvalue weighted by Gasteiger charge is 2.24. The van der Waals surface area contributed by atoms with Crippen molar-refractivity contribution in [1.29, 1.82) is 0 Å². The molecule has 1 atom stereocenters. The number of benzene rings is 1. The second-order valence-electron chi connectivity index (χ2n) is 5.24. The molecular weight excluding hydrogens is 234 g/mol. The molecule has 0 aromatic heterocycles. The Labute approximate surface area is 106 Å². The molecule has 0 bridgehead atoms. The van der Waals surface area contributed by atoms with Gasteiger partial charge in [-0.25, -0.2) is 0 Å². The summed E-state index contributed by atoms with van der Waals surface area (Å²) in [5, 5.41) is 20.4. The van der Waals surface area contributed by atoms with Crippen molar-refractivity contribution in [1.82, 2.24) is 0 Å². The van der Waals surface area contributed by atoms with E-state index in [1.54, 1.807) is 20.8 Å². The molecule has 0 saturated heterocycles. The van der Waals surface area contributed by atoms with Crippen molar-refractivity contribution < 1.29 is 14.8 Å². The minimum atomic E-state index is -0.919. The van der Waals surface area contributed by atoms with Crippen LogP contribution in [0, 0.1) is 15.5 Å². The predicted octanol–water partition coefficient (Wildman–Crippen LogP) is 2.63. The summed E-state index contributed by atoms with van der Waals surface area (Å²) >= 11 is 0. The number of hydrogen-bond donors (Lipinski definition) is 1. The van der Waals surface area contributed by atoms with Crippen LogP contribution >= 0.6 is 0 Å². The number of carbonyl (C=O) groups excluding carboxylic acids is 1. The largest absolute Gasteiger partial charge is 0.388 e. The Morgan fingerprint density at radius 3 is 2.22 bits per heavy atom. The summed E-state index contributed by atoms with van der Waals surface area (Å²) < 4.78 is 0. The summed E-state index contributed by atoms with van der Waals surface area (Å²) in [5.41, 5.74) is -0.0202. The number of nitrogens with zero attached hydrogens (tertiary/aromatic N) is 1. The van der Waals surface area contributed by atoms with E-state index in [2.05, 4.69) is 0 Å². The van der Waals surface area contributed by atoms with E-state index >= 15 is 0 Å². The molecule has 18 heavy (non-hydrogen) atoms. The van der Waals surface area contributed by atoms with Gasteiger partial charge in [0.1, 0.15) is 5.78 Å². The zero-order chi connectivity index (χ0) is 13.9. The molecule has 5 heteroatoms. The minimum absolute atomic E-state index is 0.0152. The quantitative estimate of drug-likeness (QED) is 0.658. The molecule has 0 aliphatic carbocycles. The summed E-state index contributed by atoms with van der Waals surface area (Å²) in [7, 11) is 0. The second-order valence-corrected chi connectivity index (χ2v) is 5.24. The first-order chi connectivity index (χ1) is 8.21. The van der Waals surface area contributed by atoms with E-state index in [-0.39, 0.29) is 17.9 Å². The summed E-state index contributed by atoms with van der Waals surface area (Å²) in [4.78, 5) is 21.7. The monoisotopic (exact) mass is 251 g/mol. The Hall–Kier alpha value is -1.75. The maximum Gasteiger partial charge on any atom is 0.269 e. The van der Waals surface area contributed by atoms with Crippen LogP contribution in [-0.4, -0.2) is 15.8 Å². The molecule has 0 amide bonds. The van der Waals surface area contributed by atoms with Crippen LogP contribution in [0.4, 0.5) is 5.69 Å². The van der Waals surface area contributed by atoms with Gasteiger partial charge in [-0.15, -0.1) is 0 Å². The number of non-ortho nitro benzene ring substituents is 1. The van der Waals surface area contributed by atoms with E-state index in [1.165, 1.54) is 24.3 Å². The molecule has 0 spiro atoms. The Balaban J connectivity index is 2.76. The summed E-state index contributed by atoms with van der Waals surface area (Å²) in [5.74, 6) is -0.0478. The third-order valence-electron chi connectivity index (χ3n) is 2.70. The van der Waals surface area contributed by atoms with Crippen LogP contribution in [0.1, 0.15) is 38.9 Å². The van der Waals surface area contributed by atoms with Crippen LogP contribution in [0.3, 0.4) is 0 Å². The Morgan fingerprint density at radius 1 is 1.33 bits per heavy atom. The Bertz CT molecular complexity index is 445. The van der Waals surface area contributed by atoms with E-state index in [4.69, 9.17) is 0 Å². The molecular formula is C13H17NO4. The number of carbonyl (C=O) groups is 1. The lowest BCUT2D eigenvalue weighted by atomic mass is 9.86. The van der Waals surface area contributed by atoms with Crippen LogP contribution in [-0.2, 0) is 4.79 Å². The molecule has 1 aromatic carbocycles. The zero-order valence-corrected chi connectivity index (χ0v) is 10.7. The zero-order valence-electron chi connectivity index (χ0n) is 10.7. The summed E-state index contributed by atoms with van der Waals surface area (Å²) in [6, 6.07) is 5.58. The van der Waals surface area contributed by atoms with Gasteiger partial charge in [0.25, 0.3) is 5.69 Å². The fourth-order valence-corrected chi connectivity index (χ4v) is 1.42. The van der Waals surface area contributed by atoms with Gasteiger partial charge in [0.15, 0.2) is 0 Å². The smallest absolute Gasteiger partial charge is 0.269 e. The number of rotatable bonds is 4. The lowest BCUT2D eigenvalue weighted by molar-refractivity contribution is -0.384. The predicted molar refractivity (Wildman–Crippen MR) is 67.1 cm³/mol. The van der Waals surface area contributed by atoms with E-state index < -0.39 is 16.4 Å². The minimum Gasteiger partial charge on any atom is -0.388 e. The van der Waals surface area contributed by atoms with Crippen molar-refractivity contribution in [2.45, 2.75) is 33.3 Å². The third-order valence-corrected chi connectivity index (χ3v) is 2.70. The molecule has 0 radical (unpaired) electrons. The lowest BCUT2D eigenvalue weighted by Gasteiger charge is -2.19. The first-order valence-corrected chi connectivity index (χ1v) is 5.67. The van der Waals surface area contributed by atoms with Gasteiger partial charge in [-0.1, -0.05) is 20.8 Å². The van der Waals surface area contributed by atoms with Crippen molar-refractivity contribution >= 4 is 11.5 Å². The molecule has 1 unspecified atom stereocenters. The number of nitro benzene ring substituents is 1. The molecule has 1 rings (SSSR count). The molecule has 98 valence electrons. The number of ketones is 1. The molecule has 0 fully saturated rings. The van der Waals surface area contributed by atoms with E-state index in [9.17, 15) is 20.0 Å². The highest BCUT2D eigenvalue weighted by molar-refractivity contribution is 5.84. The molecule has 1 aromatic rings. The fraction of sp³-hybridized carbons (Fsp3) is 0.462. The van der Waals surface area contributed by atoms with E-state index in [0.29, 0.717) is 5.56 Å². The maximum absolute atomic E-state index is 11.8. The van der Waals surface area contributed by atoms with Gasteiger partial charge < -0.3 is 5.11 Å². The first kappa shape index (κ1) is 14.3. The third kappa shape index (κ3) is 3.63. The van der Waals surface area contributed by atoms with Crippen molar-refractivity contribution in [2.24, 2.45) is 5.41 Å². The molecule has 5 nitrogen and oxygen atoms in total. The van der Waals surface area contributed by atoms with Gasteiger partial charge in [0.2, 0.25) is 0 Å². The van der Waals surface area contributed by atoms with Gasteiger partial charge in [-0.2, -0.15) is 0 Å². The number of nitro groups is 1. The van der Waals surface area contributed by atoms with Crippen LogP contribution in [0.5, 0.6) is 0 Å². The van der Waals surface area contributed by atoms with Crippen LogP contribution in [0.25, 0.3) is 0 Å². The highest BCUT2D eigenvalue weighted by atomic mass is 16.6. The lowest BCUT2D eigenvalue weighted by Crippen LogP contribution is -2.22. The topological polar surface area (TPSA) is 80.4 Å². The number of hydrogen-bond acceptors (Lipinski definition) is 4. The summed E-state index contributed by atoms with van der Waals surface area (Å²) in [6.45, 7) is 5.37. The average molecular weight is 251 g/mol. The van der Waals surface area contributed by atoms with E-state index in [0.717, 1.165) is 0 Å². The van der Waals surface area contributed by atoms with Gasteiger partial charge in [-0.3, -0.25) is 14.9 Å². The molecule has 0 saturated carbocycles. The average Bonchev–Trinajstić information content (AvgIpc) is 2.27. The molecule has 0 aliphatic heterocycles. The maximum atomic E-state index is 11.8. The van der Waals surface area contributed by atoms with Crippen LogP contribution < -0.4 is 0 Å². The van der Waals surface area contributed by atoms with Crippen molar-refractivity contribution in [2.75, 3.05) is 0 Å². The number of aliphatic hydroxyl groups is 1. The summed E-state index contributed by atoms with van der Waals surface area (Å²) in [6.07, 6.45) is -0.904. The van der Waals surface area contributed by atoms with Gasteiger partial charge >= 0.3 is 0 Å². The number of aliphatic hydroxyl groups excluding tert-OH is 1. The van der Waals surface area contributed by atoms with Crippen LogP contribution in [0.2, 0.25) is 0 Å². The standard InChI is InChI=1S/C13H17NO4/c1-13(2,3)12(16)8-11(15)9-4-6-10(7-5-9)14(17)18/h4-7,11,15H,8H2,1-3H3. The van der Waals surface area contributed by atoms with Crippen molar-refractivity contribution in [3.05, 3.63) is 39.9 Å². The number of Topliss-reactive ketones (excluding diaryl/α,β-unsaturated/α-hetero) is 1. The van der Waals surface area contributed by atoms with E-state index in [1.807, 2.05) is 0 Å². The Kier molecular flexibility index (Phi) is 4.19. The normalized spacial score (nSPS) is 13.1. The molecule has 0 heterocycles. The highest BCUT2D eigenvalue weighted by Crippen LogP contribution is 2.25. The van der Waals surface area contributed by atoms with Gasteiger partial charge in [-0.05, 0) is 17.7 Å². The Morgan fingerprint density at radius 2 is 1.83 bits per heavy atom.